The molecule has 1 aliphatic rings. The maximum Gasteiger partial charge on any atom is 0.251 e. The lowest BCUT2D eigenvalue weighted by Gasteiger charge is -2.16. The Bertz CT molecular complexity index is 1040. The van der Waals surface area contributed by atoms with Crippen molar-refractivity contribution in [1.29, 1.82) is 0 Å². The van der Waals surface area contributed by atoms with Crippen LogP contribution in [-0.2, 0) is 17.7 Å². The number of aryl methyl sites for hydroxylation is 1. The normalized spacial score (nSPS) is 15.3. The Labute approximate surface area is 170 Å². The maximum absolute atomic E-state index is 13.0. The van der Waals surface area contributed by atoms with Crippen LogP contribution in [0.15, 0.2) is 42.6 Å². The van der Waals surface area contributed by atoms with Crippen LogP contribution in [0.1, 0.15) is 33.9 Å². The van der Waals surface area contributed by atoms with Crippen molar-refractivity contribution >= 4 is 16.8 Å². The van der Waals surface area contributed by atoms with Gasteiger partial charge in [-0.1, -0.05) is 6.07 Å². The second kappa shape index (κ2) is 8.17. The van der Waals surface area contributed by atoms with Crippen molar-refractivity contribution < 1.29 is 19.0 Å². The van der Waals surface area contributed by atoms with Gasteiger partial charge in [-0.05, 0) is 59.7 Å². The van der Waals surface area contributed by atoms with Gasteiger partial charge in [-0.2, -0.15) is 0 Å². The Balaban J connectivity index is 1.56. The highest BCUT2D eigenvalue weighted by molar-refractivity contribution is 5.98. The molecule has 152 valence electrons. The van der Waals surface area contributed by atoms with Gasteiger partial charge in [-0.25, -0.2) is 0 Å². The van der Waals surface area contributed by atoms with E-state index >= 15 is 0 Å². The molecule has 29 heavy (non-hydrogen) atoms. The monoisotopic (exact) mass is 394 g/mol. The lowest BCUT2D eigenvalue weighted by molar-refractivity contribution is 0.0937. The van der Waals surface area contributed by atoms with Crippen LogP contribution in [0.25, 0.3) is 10.9 Å². The summed E-state index contributed by atoms with van der Waals surface area (Å²) in [5.41, 5.74) is 3.98. The number of hydrogen-bond donors (Lipinski definition) is 1. The number of amides is 1. The molecule has 1 aromatic heterocycles. The number of nitrogens with one attached hydrogen (secondary N) is 1. The van der Waals surface area contributed by atoms with Crippen LogP contribution in [0.4, 0.5) is 0 Å². The summed E-state index contributed by atoms with van der Waals surface area (Å²) in [5, 5.41) is 4.30. The molecule has 1 atom stereocenters. The summed E-state index contributed by atoms with van der Waals surface area (Å²) < 4.78 is 18.1. The molecule has 3 aromatic rings. The summed E-state index contributed by atoms with van der Waals surface area (Å²) >= 11 is 0. The molecule has 0 aliphatic heterocycles. The SMILES string of the molecule is COCCn1ccc2ccc(C(=O)NC3CCc4cc(OC)c(OC)cc43)cc21. The molecule has 6 nitrogen and oxygen atoms in total. The zero-order valence-corrected chi connectivity index (χ0v) is 17.0. The molecule has 0 saturated heterocycles. The molecule has 1 unspecified atom stereocenters. The number of fused-ring (bicyclic) bond motifs is 2. The molecular weight excluding hydrogens is 368 g/mol. The number of methoxy groups -OCH3 is 3. The largest absolute Gasteiger partial charge is 0.493 e. The van der Waals surface area contributed by atoms with Gasteiger partial charge in [0.25, 0.3) is 5.91 Å². The van der Waals surface area contributed by atoms with Gasteiger partial charge in [-0.3, -0.25) is 4.79 Å². The van der Waals surface area contributed by atoms with E-state index in [4.69, 9.17) is 14.2 Å². The molecule has 6 heteroatoms. The van der Waals surface area contributed by atoms with Gasteiger partial charge in [0, 0.05) is 30.9 Å². The Morgan fingerprint density at radius 2 is 1.90 bits per heavy atom. The van der Waals surface area contributed by atoms with E-state index in [0.717, 1.165) is 41.6 Å². The topological polar surface area (TPSA) is 61.7 Å². The van der Waals surface area contributed by atoms with E-state index < -0.39 is 0 Å². The van der Waals surface area contributed by atoms with Gasteiger partial charge >= 0.3 is 0 Å². The molecule has 2 aromatic carbocycles. The van der Waals surface area contributed by atoms with E-state index in [9.17, 15) is 4.79 Å². The molecule has 1 aliphatic carbocycles. The number of benzene rings is 2. The van der Waals surface area contributed by atoms with E-state index in [1.165, 1.54) is 5.56 Å². The second-order valence-corrected chi connectivity index (χ2v) is 7.25. The van der Waals surface area contributed by atoms with Crippen molar-refractivity contribution in [1.82, 2.24) is 9.88 Å². The highest BCUT2D eigenvalue weighted by atomic mass is 16.5. The number of hydrogen-bond acceptors (Lipinski definition) is 4. The molecule has 0 spiro atoms. The molecule has 0 fully saturated rings. The van der Waals surface area contributed by atoms with E-state index in [1.807, 2.05) is 36.5 Å². The molecule has 0 saturated carbocycles. The first kappa shape index (κ1) is 19.3. The molecule has 1 N–H and O–H groups in total. The third kappa shape index (κ3) is 3.68. The summed E-state index contributed by atoms with van der Waals surface area (Å²) in [6, 6.07) is 11.8. The van der Waals surface area contributed by atoms with E-state index in [2.05, 4.69) is 16.0 Å². The number of ether oxygens (including phenoxy) is 3. The fourth-order valence-corrected chi connectivity index (χ4v) is 4.03. The van der Waals surface area contributed by atoms with Crippen LogP contribution in [0.5, 0.6) is 11.5 Å². The van der Waals surface area contributed by atoms with Gasteiger partial charge in [0.2, 0.25) is 0 Å². The predicted molar refractivity (Wildman–Crippen MR) is 112 cm³/mol. The fraction of sp³-hybridized carbons (Fsp3) is 0.348. The lowest BCUT2D eigenvalue weighted by atomic mass is 10.1. The van der Waals surface area contributed by atoms with Crippen molar-refractivity contribution in [2.75, 3.05) is 27.9 Å². The van der Waals surface area contributed by atoms with Crippen LogP contribution in [0.2, 0.25) is 0 Å². The Hall–Kier alpha value is -2.99. The zero-order chi connectivity index (χ0) is 20.4. The molecule has 1 amide bonds. The van der Waals surface area contributed by atoms with Crippen molar-refractivity contribution in [2.24, 2.45) is 0 Å². The number of nitrogens with zero attached hydrogens (tertiary/aromatic N) is 1. The summed E-state index contributed by atoms with van der Waals surface area (Å²) in [7, 11) is 4.95. The summed E-state index contributed by atoms with van der Waals surface area (Å²) in [4.78, 5) is 13.0. The first-order valence-corrected chi connectivity index (χ1v) is 9.78. The van der Waals surface area contributed by atoms with Crippen molar-refractivity contribution in [3.63, 3.8) is 0 Å². The van der Waals surface area contributed by atoms with Crippen LogP contribution < -0.4 is 14.8 Å². The average molecular weight is 394 g/mol. The Morgan fingerprint density at radius 3 is 2.66 bits per heavy atom. The highest BCUT2D eigenvalue weighted by Gasteiger charge is 2.26. The summed E-state index contributed by atoms with van der Waals surface area (Å²) in [6.45, 7) is 1.38. The number of rotatable bonds is 7. The lowest BCUT2D eigenvalue weighted by Crippen LogP contribution is -2.27. The van der Waals surface area contributed by atoms with E-state index in [1.54, 1.807) is 21.3 Å². The molecular formula is C23H26N2O4. The third-order valence-electron chi connectivity index (χ3n) is 5.60. The highest BCUT2D eigenvalue weighted by Crippen LogP contribution is 2.39. The smallest absolute Gasteiger partial charge is 0.251 e. The van der Waals surface area contributed by atoms with Crippen molar-refractivity contribution in [2.45, 2.75) is 25.4 Å². The van der Waals surface area contributed by atoms with Crippen molar-refractivity contribution in [3.8, 4) is 11.5 Å². The average Bonchev–Trinajstić information content (AvgIpc) is 3.34. The second-order valence-electron chi connectivity index (χ2n) is 7.25. The van der Waals surface area contributed by atoms with Gasteiger partial charge in [0.15, 0.2) is 11.5 Å². The Morgan fingerprint density at radius 1 is 1.10 bits per heavy atom. The van der Waals surface area contributed by atoms with E-state index in [0.29, 0.717) is 17.9 Å². The summed E-state index contributed by atoms with van der Waals surface area (Å²) in [5.74, 6) is 1.34. The molecule has 0 bridgehead atoms. The van der Waals surface area contributed by atoms with Crippen LogP contribution in [0, 0.1) is 0 Å². The van der Waals surface area contributed by atoms with Gasteiger partial charge in [-0.15, -0.1) is 0 Å². The molecule has 4 rings (SSSR count). The van der Waals surface area contributed by atoms with Crippen molar-refractivity contribution in [3.05, 3.63) is 59.3 Å². The van der Waals surface area contributed by atoms with Gasteiger partial charge in [0.05, 0.1) is 26.9 Å². The first-order chi connectivity index (χ1) is 14.1. The number of aromatic nitrogens is 1. The minimum atomic E-state index is -0.0703. The zero-order valence-electron chi connectivity index (χ0n) is 17.0. The number of carbonyl (C=O) groups is 1. The minimum Gasteiger partial charge on any atom is -0.493 e. The maximum atomic E-state index is 13.0. The predicted octanol–water partition coefficient (Wildman–Crippen LogP) is 3.72. The molecule has 1 heterocycles. The third-order valence-corrected chi connectivity index (χ3v) is 5.60. The van der Waals surface area contributed by atoms with Crippen LogP contribution in [0.3, 0.4) is 0 Å². The first-order valence-electron chi connectivity index (χ1n) is 9.78. The Kier molecular flexibility index (Phi) is 5.45. The van der Waals surface area contributed by atoms with Crippen LogP contribution in [-0.4, -0.2) is 38.4 Å². The standard InChI is InChI=1S/C23H26N2O4/c1-27-11-10-25-9-8-15-4-5-17(12-20(15)25)23(26)24-19-7-6-16-13-21(28-2)22(29-3)14-18(16)19/h4-5,8-9,12-14,19H,6-7,10-11H2,1-3H3,(H,24,26). The quantitative estimate of drug-likeness (QED) is 0.663. The van der Waals surface area contributed by atoms with Gasteiger partial charge in [0.1, 0.15) is 0 Å². The fourth-order valence-electron chi connectivity index (χ4n) is 4.03. The van der Waals surface area contributed by atoms with Gasteiger partial charge < -0.3 is 24.1 Å². The van der Waals surface area contributed by atoms with E-state index in [-0.39, 0.29) is 11.9 Å². The number of carbonyl (C=O) groups excluding carboxylic acids is 1. The van der Waals surface area contributed by atoms with Crippen LogP contribution >= 0.6 is 0 Å². The minimum absolute atomic E-state index is 0.0340. The molecule has 0 radical (unpaired) electrons. The summed E-state index contributed by atoms with van der Waals surface area (Å²) in [6.07, 6.45) is 3.79.